The minimum absolute atomic E-state index is 0.00288. The predicted molar refractivity (Wildman–Crippen MR) is 114 cm³/mol. The van der Waals surface area contributed by atoms with Crippen molar-refractivity contribution in [3.63, 3.8) is 0 Å². The average molecular weight is 415 g/mol. The first kappa shape index (κ1) is 24.0. The van der Waals surface area contributed by atoms with Gasteiger partial charge in [0.2, 0.25) is 0 Å². The molecule has 0 radical (unpaired) electrons. The number of carbonyl (C=O) groups excluding carboxylic acids is 1. The lowest BCUT2D eigenvalue weighted by molar-refractivity contribution is -0.218. The summed E-state index contributed by atoms with van der Waals surface area (Å²) in [6.07, 6.45) is 2.18. The van der Waals surface area contributed by atoms with Crippen molar-refractivity contribution in [3.8, 4) is 0 Å². The van der Waals surface area contributed by atoms with Gasteiger partial charge in [-0.3, -0.25) is 4.79 Å². The van der Waals surface area contributed by atoms with E-state index in [2.05, 4.69) is 47.7 Å². The van der Waals surface area contributed by atoms with Crippen molar-refractivity contribution in [2.75, 3.05) is 20.5 Å². The summed E-state index contributed by atoms with van der Waals surface area (Å²) in [4.78, 5) is 13.0. The molecule has 6 atom stereocenters. The smallest absolute Gasteiger partial charge is 0.192 e. The summed E-state index contributed by atoms with van der Waals surface area (Å²) in [6.45, 7) is 17.7. The lowest BCUT2D eigenvalue weighted by Crippen LogP contribution is -2.65. The molecule has 1 N–H and O–H groups in total. The largest absolute Gasteiger partial charge is 0.413 e. The summed E-state index contributed by atoms with van der Waals surface area (Å²) < 4.78 is 18.2. The Bertz CT molecular complexity index is 572. The molecule has 0 spiro atoms. The van der Waals surface area contributed by atoms with E-state index in [0.717, 1.165) is 12.8 Å². The van der Waals surface area contributed by atoms with Crippen LogP contribution in [0.1, 0.15) is 60.8 Å². The van der Waals surface area contributed by atoms with Gasteiger partial charge in [-0.25, -0.2) is 0 Å². The Kier molecular flexibility index (Phi) is 6.94. The van der Waals surface area contributed by atoms with E-state index in [0.29, 0.717) is 6.42 Å². The zero-order valence-corrected chi connectivity index (χ0v) is 20.4. The van der Waals surface area contributed by atoms with Crippen molar-refractivity contribution in [2.24, 2.45) is 22.7 Å². The molecule has 0 amide bonds. The molecule has 1 unspecified atom stereocenters. The maximum absolute atomic E-state index is 13.0. The normalized spacial score (nSPS) is 39.7. The molecule has 6 heteroatoms. The molecule has 2 saturated carbocycles. The highest BCUT2D eigenvalue weighted by molar-refractivity contribution is 6.74. The highest BCUT2D eigenvalue weighted by Crippen LogP contribution is 2.60. The Morgan fingerprint density at radius 1 is 1.21 bits per heavy atom. The summed E-state index contributed by atoms with van der Waals surface area (Å²) >= 11 is 0. The Labute approximate surface area is 172 Å². The molecule has 2 rings (SSSR count). The van der Waals surface area contributed by atoms with E-state index in [9.17, 15) is 9.90 Å². The second-order valence-corrected chi connectivity index (χ2v) is 15.8. The van der Waals surface area contributed by atoms with Crippen LogP contribution >= 0.6 is 0 Å². The number of ether oxygens (including phenoxy) is 2. The molecule has 0 aliphatic heterocycles. The van der Waals surface area contributed by atoms with Gasteiger partial charge >= 0.3 is 0 Å². The van der Waals surface area contributed by atoms with Gasteiger partial charge in [-0.2, -0.15) is 0 Å². The molecule has 2 aliphatic rings. The van der Waals surface area contributed by atoms with Crippen molar-refractivity contribution in [1.29, 1.82) is 0 Å². The number of hydrogen-bond donors (Lipinski definition) is 1. The van der Waals surface area contributed by atoms with E-state index in [-0.39, 0.29) is 53.7 Å². The minimum Gasteiger partial charge on any atom is -0.413 e. The van der Waals surface area contributed by atoms with Crippen LogP contribution < -0.4 is 0 Å². The van der Waals surface area contributed by atoms with Gasteiger partial charge in [-0.15, -0.1) is 0 Å². The molecule has 5 nitrogen and oxygen atoms in total. The van der Waals surface area contributed by atoms with Gasteiger partial charge in [0.25, 0.3) is 0 Å². The molecular weight excluding hydrogens is 372 g/mol. The van der Waals surface area contributed by atoms with Crippen LogP contribution in [0.25, 0.3) is 0 Å². The van der Waals surface area contributed by atoms with Crippen LogP contribution in [0.2, 0.25) is 18.1 Å². The second-order valence-electron chi connectivity index (χ2n) is 11.1. The fourth-order valence-electron chi connectivity index (χ4n) is 5.30. The van der Waals surface area contributed by atoms with Crippen LogP contribution in [0.5, 0.6) is 0 Å². The average Bonchev–Trinajstić information content (AvgIpc) is 2.58. The zero-order chi connectivity index (χ0) is 21.5. The monoisotopic (exact) mass is 414 g/mol. The lowest BCUT2D eigenvalue weighted by atomic mass is 9.46. The molecule has 164 valence electrons. The molecule has 0 aromatic carbocycles. The van der Waals surface area contributed by atoms with Gasteiger partial charge in [-0.05, 0) is 31.0 Å². The number of rotatable bonds is 6. The molecule has 0 bridgehead atoms. The number of fused-ring (bicyclic) bond motifs is 1. The Morgan fingerprint density at radius 2 is 1.82 bits per heavy atom. The number of carbonyl (C=O) groups is 1. The predicted octanol–water partition coefficient (Wildman–Crippen LogP) is 4.39. The van der Waals surface area contributed by atoms with Crippen molar-refractivity contribution >= 4 is 14.1 Å². The number of aliphatic hydroxyl groups excluding tert-OH is 1. The van der Waals surface area contributed by atoms with Crippen LogP contribution in [0.15, 0.2) is 0 Å². The highest BCUT2D eigenvalue weighted by atomic mass is 28.4. The molecule has 0 saturated heterocycles. The van der Waals surface area contributed by atoms with Gasteiger partial charge in [0.05, 0.1) is 12.2 Å². The number of hydrogen-bond acceptors (Lipinski definition) is 5. The Hall–Kier alpha value is -0.273. The first-order valence-corrected chi connectivity index (χ1v) is 13.6. The lowest BCUT2D eigenvalue weighted by Gasteiger charge is -2.62. The van der Waals surface area contributed by atoms with Gasteiger partial charge in [0.1, 0.15) is 12.6 Å². The van der Waals surface area contributed by atoms with Crippen LogP contribution in [0, 0.1) is 22.7 Å². The topological polar surface area (TPSA) is 65.0 Å². The molecule has 2 aliphatic carbocycles. The van der Waals surface area contributed by atoms with E-state index >= 15 is 0 Å². The maximum Gasteiger partial charge on any atom is 0.192 e. The molecular formula is C22H42O5Si. The van der Waals surface area contributed by atoms with Gasteiger partial charge in [0, 0.05) is 42.8 Å². The third-order valence-electron chi connectivity index (χ3n) is 8.25. The fraction of sp³-hybridized carbons (Fsp3) is 0.955. The fourth-order valence-corrected chi connectivity index (χ4v) is 6.75. The van der Waals surface area contributed by atoms with Crippen LogP contribution in [-0.4, -0.2) is 51.9 Å². The first-order valence-electron chi connectivity index (χ1n) is 10.7. The van der Waals surface area contributed by atoms with E-state index < -0.39 is 13.7 Å². The third kappa shape index (κ3) is 4.00. The Morgan fingerprint density at radius 3 is 2.32 bits per heavy atom. The quantitative estimate of drug-likeness (QED) is 0.516. The van der Waals surface area contributed by atoms with E-state index in [1.165, 1.54) is 0 Å². The molecule has 28 heavy (non-hydrogen) atoms. The van der Waals surface area contributed by atoms with Crippen molar-refractivity contribution in [1.82, 2.24) is 0 Å². The zero-order valence-electron chi connectivity index (χ0n) is 19.4. The number of methoxy groups -OCH3 is 1. The number of Topliss-reactive ketones (excluding diaryl/α,β-unsaturated/α-hetero) is 1. The SMILES string of the molecule is COCO[C@@H]1CC[C@@H](O[Si](C)(C)C(C)(C)C)[C@]2(C)CC(=O)C(C)[C@@](C)(CO)[C@@H]12. The number of ketones is 1. The van der Waals surface area contributed by atoms with Crippen LogP contribution in [-0.2, 0) is 18.7 Å². The summed E-state index contributed by atoms with van der Waals surface area (Å²) in [5, 5.41) is 10.5. The van der Waals surface area contributed by atoms with Crippen molar-refractivity contribution in [2.45, 2.75) is 91.1 Å². The molecule has 0 heterocycles. The van der Waals surface area contributed by atoms with Crippen molar-refractivity contribution in [3.05, 3.63) is 0 Å². The van der Waals surface area contributed by atoms with Gasteiger partial charge in [0.15, 0.2) is 8.32 Å². The minimum atomic E-state index is -2.00. The molecule has 0 aromatic heterocycles. The molecule has 2 fully saturated rings. The van der Waals surface area contributed by atoms with E-state index in [4.69, 9.17) is 13.9 Å². The summed E-state index contributed by atoms with van der Waals surface area (Å²) in [5.41, 5.74) is -0.884. The standard InChI is InChI=1S/C22H42O5Si/c1-15-16(24)12-21(5)18(27-28(8,9)20(2,3)4)11-10-17(26-14-25-7)19(21)22(15,6)13-23/h15,17-19,23H,10-14H2,1-9H3/t15?,17-,18-,19+,21+,22-/m1/s1. The van der Waals surface area contributed by atoms with Crippen LogP contribution in [0.4, 0.5) is 0 Å². The summed E-state index contributed by atoms with van der Waals surface area (Å²) in [6, 6.07) is 0. The second kappa shape index (κ2) is 8.10. The van der Waals surface area contributed by atoms with Gasteiger partial charge < -0.3 is 19.0 Å². The number of aliphatic hydroxyl groups is 1. The highest BCUT2D eigenvalue weighted by Gasteiger charge is 2.63. The van der Waals surface area contributed by atoms with E-state index in [1.54, 1.807) is 7.11 Å². The molecule has 0 aromatic rings. The summed E-state index contributed by atoms with van der Waals surface area (Å²) in [5.74, 6) is 0.0683. The Balaban J connectivity index is 2.47. The summed E-state index contributed by atoms with van der Waals surface area (Å²) in [7, 11) is -0.369. The van der Waals surface area contributed by atoms with Crippen LogP contribution in [0.3, 0.4) is 0 Å². The maximum atomic E-state index is 13.0. The third-order valence-corrected chi connectivity index (χ3v) is 12.7. The van der Waals surface area contributed by atoms with Gasteiger partial charge in [-0.1, -0.05) is 41.5 Å². The first-order chi connectivity index (χ1) is 12.7. The van der Waals surface area contributed by atoms with Crippen molar-refractivity contribution < 1.29 is 23.8 Å². The van der Waals surface area contributed by atoms with E-state index in [1.807, 2.05) is 6.92 Å².